The average Bonchev–Trinajstić information content (AvgIpc) is 3.15. The first-order valence-corrected chi connectivity index (χ1v) is 10.9. The highest BCUT2D eigenvalue weighted by molar-refractivity contribution is 5.83. The van der Waals surface area contributed by atoms with Crippen LogP contribution in [-0.2, 0) is 9.47 Å². The van der Waals surface area contributed by atoms with E-state index < -0.39 is 0 Å². The van der Waals surface area contributed by atoms with Crippen molar-refractivity contribution in [2.24, 2.45) is 0 Å². The van der Waals surface area contributed by atoms with Gasteiger partial charge in [-0.3, -0.25) is 4.68 Å². The average molecular weight is 423 g/mol. The van der Waals surface area contributed by atoms with Crippen LogP contribution in [0.15, 0.2) is 28.9 Å². The van der Waals surface area contributed by atoms with Crippen LogP contribution in [-0.4, -0.2) is 62.8 Å². The maximum Gasteiger partial charge on any atom is 0.410 e. The van der Waals surface area contributed by atoms with Gasteiger partial charge < -0.3 is 18.9 Å². The number of aromatic nitrogens is 4. The summed E-state index contributed by atoms with van der Waals surface area (Å²) >= 11 is 0. The molecule has 2 aliphatic heterocycles. The van der Waals surface area contributed by atoms with E-state index in [4.69, 9.17) is 14.0 Å². The molecule has 3 aliphatic rings. The third-order valence-corrected chi connectivity index (χ3v) is 6.66. The molecule has 0 unspecified atom stereocenters. The minimum Gasteiger partial charge on any atom is -0.443 e. The summed E-state index contributed by atoms with van der Waals surface area (Å²) in [5.74, 6) is 1.40. The van der Waals surface area contributed by atoms with E-state index in [1.54, 1.807) is 4.90 Å². The van der Waals surface area contributed by atoms with Crippen LogP contribution >= 0.6 is 0 Å². The Labute approximate surface area is 179 Å². The zero-order valence-electron chi connectivity index (χ0n) is 17.5. The largest absolute Gasteiger partial charge is 0.443 e. The fourth-order valence-electron chi connectivity index (χ4n) is 4.22. The molecule has 1 saturated carbocycles. The van der Waals surface area contributed by atoms with Crippen molar-refractivity contribution < 1.29 is 18.8 Å². The Balaban J connectivity index is 1.15. The normalized spacial score (nSPS) is 21.3. The quantitative estimate of drug-likeness (QED) is 0.633. The molecule has 1 amide bonds. The number of ether oxygens (including phenoxy) is 2. The van der Waals surface area contributed by atoms with Crippen molar-refractivity contribution in [2.75, 3.05) is 26.3 Å². The van der Waals surface area contributed by atoms with E-state index in [2.05, 4.69) is 21.3 Å². The molecule has 0 radical (unpaired) electrons. The zero-order valence-corrected chi connectivity index (χ0v) is 17.5. The monoisotopic (exact) mass is 423 g/mol. The predicted octanol–water partition coefficient (Wildman–Crippen LogP) is 3.53. The molecule has 3 fully saturated rings. The van der Waals surface area contributed by atoms with E-state index in [0.717, 1.165) is 42.1 Å². The molecule has 3 aromatic rings. The van der Waals surface area contributed by atoms with Crippen LogP contribution in [0.5, 0.6) is 0 Å². The lowest BCUT2D eigenvalue weighted by molar-refractivity contribution is -0.0266. The number of likely N-dealkylation sites (tertiary alicyclic amines) is 1. The van der Waals surface area contributed by atoms with Crippen molar-refractivity contribution >= 4 is 17.0 Å². The van der Waals surface area contributed by atoms with Crippen LogP contribution in [0.3, 0.4) is 0 Å². The van der Waals surface area contributed by atoms with E-state index >= 15 is 0 Å². The molecule has 1 aromatic carbocycles. The summed E-state index contributed by atoms with van der Waals surface area (Å²) in [6, 6.07) is 6.35. The number of piperidine rings is 1. The van der Waals surface area contributed by atoms with Crippen LogP contribution in [0.2, 0.25) is 0 Å². The Morgan fingerprint density at radius 2 is 2.03 bits per heavy atom. The lowest BCUT2D eigenvalue weighted by atomic mass is 9.96. The first kappa shape index (κ1) is 18.8. The van der Waals surface area contributed by atoms with Crippen molar-refractivity contribution in [2.45, 2.75) is 50.2 Å². The van der Waals surface area contributed by atoms with E-state index in [9.17, 15) is 4.79 Å². The van der Waals surface area contributed by atoms with Gasteiger partial charge in [-0.05, 0) is 44.7 Å². The van der Waals surface area contributed by atoms with Gasteiger partial charge in [0.05, 0.1) is 31.0 Å². The summed E-state index contributed by atoms with van der Waals surface area (Å²) in [5.41, 5.74) is 1.69. The molecule has 9 nitrogen and oxygen atoms in total. The Morgan fingerprint density at radius 3 is 2.74 bits per heavy atom. The molecule has 0 spiro atoms. The van der Waals surface area contributed by atoms with E-state index in [-0.39, 0.29) is 23.7 Å². The second kappa shape index (κ2) is 7.05. The number of nitrogens with zero attached hydrogens (tertiary/aromatic N) is 5. The van der Waals surface area contributed by atoms with Crippen LogP contribution < -0.4 is 0 Å². The van der Waals surface area contributed by atoms with Gasteiger partial charge >= 0.3 is 6.09 Å². The van der Waals surface area contributed by atoms with Gasteiger partial charge in [-0.15, -0.1) is 0 Å². The SMILES string of the molecule is CC1(OC(=O)N2CCC(c3noc(-c4ccc5cnn(C6COC6)c5c4)n3)CC2)CC1. The number of benzene rings is 1. The molecule has 6 rings (SSSR count). The summed E-state index contributed by atoms with van der Waals surface area (Å²) in [6.45, 7) is 4.67. The van der Waals surface area contributed by atoms with Gasteiger partial charge in [0, 0.05) is 30.0 Å². The summed E-state index contributed by atoms with van der Waals surface area (Å²) in [4.78, 5) is 18.8. The number of amides is 1. The van der Waals surface area contributed by atoms with Crippen LogP contribution in [0.25, 0.3) is 22.4 Å². The first-order chi connectivity index (χ1) is 15.1. The third kappa shape index (κ3) is 3.46. The van der Waals surface area contributed by atoms with Gasteiger partial charge in [-0.2, -0.15) is 10.1 Å². The molecule has 0 N–H and O–H groups in total. The van der Waals surface area contributed by atoms with E-state index in [1.165, 1.54) is 0 Å². The topological polar surface area (TPSA) is 95.5 Å². The smallest absolute Gasteiger partial charge is 0.410 e. The third-order valence-electron chi connectivity index (χ3n) is 6.66. The summed E-state index contributed by atoms with van der Waals surface area (Å²) in [6.07, 6.45) is 5.20. The fraction of sp³-hybridized carbons (Fsp3) is 0.545. The minimum absolute atomic E-state index is 0.180. The highest BCUT2D eigenvalue weighted by Gasteiger charge is 2.43. The standard InChI is InChI=1S/C22H25N5O4/c1-22(6-7-22)30-21(28)26-8-4-14(5-9-26)19-24-20(31-25-19)15-2-3-16-11-23-27(18(16)10-15)17-12-29-13-17/h2-3,10-11,14,17H,4-9,12-13H2,1H3. The molecule has 2 aromatic heterocycles. The van der Waals surface area contributed by atoms with Crippen LogP contribution in [0.4, 0.5) is 4.79 Å². The van der Waals surface area contributed by atoms with Crippen LogP contribution in [0.1, 0.15) is 50.4 Å². The van der Waals surface area contributed by atoms with Gasteiger partial charge in [0.2, 0.25) is 0 Å². The minimum atomic E-state index is -0.237. The highest BCUT2D eigenvalue weighted by Crippen LogP contribution is 2.39. The molecule has 4 heterocycles. The Hall–Kier alpha value is -2.94. The van der Waals surface area contributed by atoms with E-state index in [0.29, 0.717) is 38.0 Å². The number of fused-ring (bicyclic) bond motifs is 1. The van der Waals surface area contributed by atoms with Crippen molar-refractivity contribution in [3.05, 3.63) is 30.2 Å². The first-order valence-electron chi connectivity index (χ1n) is 10.9. The van der Waals surface area contributed by atoms with E-state index in [1.807, 2.05) is 29.9 Å². The zero-order chi connectivity index (χ0) is 21.0. The number of carbonyl (C=O) groups excluding carboxylic acids is 1. The Morgan fingerprint density at radius 1 is 1.23 bits per heavy atom. The van der Waals surface area contributed by atoms with Crippen molar-refractivity contribution in [3.8, 4) is 11.5 Å². The van der Waals surface area contributed by atoms with Crippen molar-refractivity contribution in [1.29, 1.82) is 0 Å². The van der Waals surface area contributed by atoms with Gasteiger partial charge in [0.25, 0.3) is 5.89 Å². The fourth-order valence-corrected chi connectivity index (χ4v) is 4.22. The van der Waals surface area contributed by atoms with Gasteiger partial charge in [0.1, 0.15) is 5.60 Å². The molecular formula is C22H25N5O4. The number of carbonyl (C=O) groups is 1. The van der Waals surface area contributed by atoms with Gasteiger partial charge in [-0.25, -0.2) is 4.79 Å². The number of rotatable bonds is 4. The number of hydrogen-bond donors (Lipinski definition) is 0. The van der Waals surface area contributed by atoms with Gasteiger partial charge in [-0.1, -0.05) is 11.2 Å². The molecule has 0 atom stereocenters. The second-order valence-electron chi connectivity index (χ2n) is 9.09. The second-order valence-corrected chi connectivity index (χ2v) is 9.09. The Bertz CT molecular complexity index is 1120. The molecule has 2 saturated heterocycles. The lowest BCUT2D eigenvalue weighted by Gasteiger charge is -2.30. The molecular weight excluding hydrogens is 398 g/mol. The number of hydrogen-bond acceptors (Lipinski definition) is 7. The summed E-state index contributed by atoms with van der Waals surface area (Å²) in [5, 5.41) is 9.83. The predicted molar refractivity (Wildman–Crippen MR) is 111 cm³/mol. The maximum atomic E-state index is 12.3. The Kier molecular flexibility index (Phi) is 4.27. The molecule has 1 aliphatic carbocycles. The van der Waals surface area contributed by atoms with Crippen LogP contribution in [0, 0.1) is 0 Å². The molecule has 9 heteroatoms. The molecule has 31 heavy (non-hydrogen) atoms. The van der Waals surface area contributed by atoms with Crippen molar-refractivity contribution in [3.63, 3.8) is 0 Å². The highest BCUT2D eigenvalue weighted by atomic mass is 16.6. The maximum absolute atomic E-state index is 12.3. The molecule has 162 valence electrons. The lowest BCUT2D eigenvalue weighted by Crippen LogP contribution is -2.40. The van der Waals surface area contributed by atoms with Gasteiger partial charge in [0.15, 0.2) is 5.82 Å². The van der Waals surface area contributed by atoms with Crippen molar-refractivity contribution in [1.82, 2.24) is 24.8 Å². The summed E-state index contributed by atoms with van der Waals surface area (Å²) in [7, 11) is 0. The summed E-state index contributed by atoms with van der Waals surface area (Å²) < 4.78 is 18.5. The molecule has 0 bridgehead atoms.